The van der Waals surface area contributed by atoms with Crippen LogP contribution in [0.15, 0.2) is 133 Å². The zero-order valence-corrected chi connectivity index (χ0v) is 32.7. The van der Waals surface area contributed by atoms with Gasteiger partial charge in [0.05, 0.1) is 0 Å². The van der Waals surface area contributed by atoms with E-state index in [9.17, 15) is 0 Å². The highest BCUT2D eigenvalue weighted by Gasteiger charge is 2.16. The van der Waals surface area contributed by atoms with Gasteiger partial charge < -0.3 is 9.80 Å². The predicted octanol–water partition coefficient (Wildman–Crippen LogP) is 13.3. The van der Waals surface area contributed by atoms with Gasteiger partial charge in [-0.1, -0.05) is 59.7 Å². The third-order valence-corrected chi connectivity index (χ3v) is 9.87. The zero-order valence-electron chi connectivity index (χ0n) is 24.1. The van der Waals surface area contributed by atoms with Crippen LogP contribution in [0.2, 0.25) is 0 Å². The van der Waals surface area contributed by atoms with E-state index in [0.29, 0.717) is 0 Å². The van der Waals surface area contributed by atoms with Crippen LogP contribution >= 0.6 is 90.4 Å². The second kappa shape index (κ2) is 14.1. The van der Waals surface area contributed by atoms with Crippen molar-refractivity contribution in [1.82, 2.24) is 0 Å². The normalized spacial score (nSPS) is 11.0. The zero-order chi connectivity index (χ0) is 30.8. The largest absolute Gasteiger partial charge is 0.310 e. The molecule has 0 bridgehead atoms. The fourth-order valence-electron chi connectivity index (χ4n) is 5.22. The summed E-state index contributed by atoms with van der Waals surface area (Å²) in [4.78, 5) is 4.66. The molecule has 0 unspecified atom stereocenters. The van der Waals surface area contributed by atoms with Gasteiger partial charge in [0.2, 0.25) is 0 Å². The Morgan fingerprint density at radius 2 is 0.568 bits per heavy atom. The summed E-state index contributed by atoms with van der Waals surface area (Å²) in [5.74, 6) is 0. The standard InChI is InChI=1S/C38H28I4N2/c1-25-3-11-33(12-4-25)43(37-21-29(39)19-30(40)22-37)35-15-7-27(8-16-35)28-9-17-36(18-10-28)44(34-13-5-26(2)6-14-34)38-23-31(41)20-32(42)24-38/h3-24H,1-2H3. The first-order chi connectivity index (χ1) is 21.2. The summed E-state index contributed by atoms with van der Waals surface area (Å²) in [5.41, 5.74) is 11.7. The van der Waals surface area contributed by atoms with Gasteiger partial charge in [-0.05, 0) is 200 Å². The second-order valence-electron chi connectivity index (χ2n) is 10.7. The minimum Gasteiger partial charge on any atom is -0.310 e. The van der Waals surface area contributed by atoms with E-state index in [0.717, 1.165) is 34.1 Å². The Hall–Kier alpha value is -2.16. The average molecular weight is 1020 g/mol. The molecule has 0 amide bonds. The third-order valence-electron chi connectivity index (χ3n) is 7.38. The first-order valence-corrected chi connectivity index (χ1v) is 18.4. The Morgan fingerprint density at radius 3 is 0.841 bits per heavy atom. The molecule has 2 nitrogen and oxygen atoms in total. The number of nitrogens with zero attached hydrogens (tertiary/aromatic N) is 2. The van der Waals surface area contributed by atoms with Gasteiger partial charge >= 0.3 is 0 Å². The molecule has 0 aliphatic heterocycles. The molecule has 6 heteroatoms. The van der Waals surface area contributed by atoms with Gasteiger partial charge in [0.1, 0.15) is 0 Å². The minimum absolute atomic E-state index is 1.13. The lowest BCUT2D eigenvalue weighted by Crippen LogP contribution is -2.10. The number of anilines is 6. The van der Waals surface area contributed by atoms with Gasteiger partial charge in [0.25, 0.3) is 0 Å². The number of hydrogen-bond acceptors (Lipinski definition) is 2. The molecule has 6 rings (SSSR count). The molecular weight excluding hydrogens is 992 g/mol. The number of aryl methyl sites for hydroxylation is 2. The Kier molecular flexibility index (Phi) is 10.2. The summed E-state index contributed by atoms with van der Waals surface area (Å²) < 4.78 is 4.88. The van der Waals surface area contributed by atoms with E-state index in [1.807, 2.05) is 0 Å². The molecule has 6 aromatic rings. The Bertz CT molecular complexity index is 1720. The van der Waals surface area contributed by atoms with E-state index >= 15 is 0 Å². The van der Waals surface area contributed by atoms with Gasteiger partial charge in [-0.15, -0.1) is 0 Å². The highest BCUT2D eigenvalue weighted by molar-refractivity contribution is 14.1. The van der Waals surface area contributed by atoms with E-state index in [1.54, 1.807) is 0 Å². The molecule has 0 aliphatic rings. The van der Waals surface area contributed by atoms with E-state index in [1.165, 1.54) is 36.5 Å². The lowest BCUT2D eigenvalue weighted by molar-refractivity contribution is 1.26. The molecular formula is C38H28I4N2. The maximum Gasteiger partial charge on any atom is 0.0482 e. The minimum atomic E-state index is 1.13. The molecule has 0 heterocycles. The molecule has 0 N–H and O–H groups in total. The van der Waals surface area contributed by atoms with Crippen LogP contribution in [0.5, 0.6) is 0 Å². The Balaban J connectivity index is 1.34. The third kappa shape index (κ3) is 7.45. The van der Waals surface area contributed by atoms with E-state index < -0.39 is 0 Å². The number of benzene rings is 6. The first kappa shape index (κ1) is 31.8. The first-order valence-electron chi connectivity index (χ1n) is 14.1. The fourth-order valence-corrected chi connectivity index (χ4v) is 9.03. The Labute approximate surface area is 314 Å². The average Bonchev–Trinajstić information content (AvgIpc) is 2.99. The van der Waals surface area contributed by atoms with Crippen molar-refractivity contribution in [3.05, 3.63) is 159 Å². The highest BCUT2D eigenvalue weighted by Crippen LogP contribution is 2.39. The highest BCUT2D eigenvalue weighted by atomic mass is 127. The topological polar surface area (TPSA) is 6.48 Å². The fraction of sp³-hybridized carbons (Fsp3) is 0.0526. The SMILES string of the molecule is Cc1ccc(N(c2ccc(-c3ccc(N(c4ccc(C)cc4)c4cc(I)cc(I)c4)cc3)cc2)c2cc(I)cc(I)c2)cc1. The van der Waals surface area contributed by atoms with Crippen molar-refractivity contribution in [2.24, 2.45) is 0 Å². The van der Waals surface area contributed by atoms with Crippen LogP contribution in [-0.2, 0) is 0 Å². The Morgan fingerprint density at radius 1 is 0.318 bits per heavy atom. The lowest BCUT2D eigenvalue weighted by atomic mass is 10.0. The van der Waals surface area contributed by atoms with Crippen molar-refractivity contribution in [3.63, 3.8) is 0 Å². The van der Waals surface area contributed by atoms with E-state index in [4.69, 9.17) is 0 Å². The van der Waals surface area contributed by atoms with Crippen LogP contribution in [0.3, 0.4) is 0 Å². The van der Waals surface area contributed by atoms with Crippen LogP contribution in [0.4, 0.5) is 34.1 Å². The van der Waals surface area contributed by atoms with Crippen LogP contribution in [0.1, 0.15) is 11.1 Å². The van der Waals surface area contributed by atoms with Crippen LogP contribution in [0, 0.1) is 28.1 Å². The smallest absolute Gasteiger partial charge is 0.0482 e. The number of halogens is 4. The van der Waals surface area contributed by atoms with Crippen molar-refractivity contribution in [2.75, 3.05) is 9.80 Å². The molecule has 0 aromatic heterocycles. The molecule has 0 spiro atoms. The number of hydrogen-bond donors (Lipinski definition) is 0. The molecule has 44 heavy (non-hydrogen) atoms. The van der Waals surface area contributed by atoms with Gasteiger partial charge in [0, 0.05) is 48.4 Å². The van der Waals surface area contributed by atoms with Crippen molar-refractivity contribution >= 4 is 124 Å². The van der Waals surface area contributed by atoms with E-state index in [-0.39, 0.29) is 0 Å². The molecule has 0 radical (unpaired) electrons. The lowest BCUT2D eigenvalue weighted by Gasteiger charge is -2.27. The summed E-state index contributed by atoms with van der Waals surface area (Å²) in [6.45, 7) is 4.26. The van der Waals surface area contributed by atoms with Crippen molar-refractivity contribution in [2.45, 2.75) is 13.8 Å². The summed E-state index contributed by atoms with van der Waals surface area (Å²) in [7, 11) is 0. The summed E-state index contributed by atoms with van der Waals surface area (Å²) in [6, 6.07) is 48.6. The van der Waals surface area contributed by atoms with Crippen LogP contribution in [-0.4, -0.2) is 0 Å². The molecule has 0 saturated heterocycles. The summed E-state index contributed by atoms with van der Waals surface area (Å²) in [5, 5.41) is 0. The second-order valence-corrected chi connectivity index (χ2v) is 15.7. The summed E-state index contributed by atoms with van der Waals surface area (Å²) in [6.07, 6.45) is 0. The van der Waals surface area contributed by atoms with E-state index in [2.05, 4.69) is 247 Å². The van der Waals surface area contributed by atoms with Gasteiger partial charge in [0.15, 0.2) is 0 Å². The monoisotopic (exact) mass is 1020 g/mol. The maximum atomic E-state index is 2.40. The maximum absolute atomic E-state index is 2.40. The molecule has 0 atom stereocenters. The quantitative estimate of drug-likeness (QED) is 0.147. The van der Waals surface area contributed by atoms with Crippen LogP contribution in [0.25, 0.3) is 11.1 Å². The molecule has 0 saturated carbocycles. The molecule has 218 valence electrons. The molecule has 0 aliphatic carbocycles. The number of rotatable bonds is 7. The van der Waals surface area contributed by atoms with Gasteiger partial charge in [-0.3, -0.25) is 0 Å². The predicted molar refractivity (Wildman–Crippen MR) is 222 cm³/mol. The molecule has 0 fully saturated rings. The van der Waals surface area contributed by atoms with Crippen LogP contribution < -0.4 is 9.80 Å². The summed E-state index contributed by atoms with van der Waals surface area (Å²) >= 11 is 9.62. The molecule has 6 aromatic carbocycles. The van der Waals surface area contributed by atoms with Crippen molar-refractivity contribution in [3.8, 4) is 11.1 Å². The van der Waals surface area contributed by atoms with Crippen molar-refractivity contribution < 1.29 is 0 Å². The van der Waals surface area contributed by atoms with Gasteiger partial charge in [-0.2, -0.15) is 0 Å². The van der Waals surface area contributed by atoms with Gasteiger partial charge in [-0.25, -0.2) is 0 Å². The van der Waals surface area contributed by atoms with Crippen molar-refractivity contribution in [1.29, 1.82) is 0 Å².